The molecule has 0 aliphatic carbocycles. The van der Waals surface area contributed by atoms with Crippen molar-refractivity contribution in [3.05, 3.63) is 53.1 Å². The van der Waals surface area contributed by atoms with E-state index in [1.807, 2.05) is 6.92 Å². The van der Waals surface area contributed by atoms with Crippen LogP contribution in [0.3, 0.4) is 0 Å². The van der Waals surface area contributed by atoms with Crippen LogP contribution in [0.15, 0.2) is 42.5 Å². The summed E-state index contributed by atoms with van der Waals surface area (Å²) in [6.07, 6.45) is -1.00. The highest BCUT2D eigenvalue weighted by Crippen LogP contribution is 2.23. The van der Waals surface area contributed by atoms with Crippen molar-refractivity contribution >= 4 is 34.9 Å². The summed E-state index contributed by atoms with van der Waals surface area (Å²) in [4.78, 5) is 24.3. The van der Waals surface area contributed by atoms with Gasteiger partial charge < -0.3 is 20.5 Å². The van der Waals surface area contributed by atoms with Gasteiger partial charge in [0.1, 0.15) is 5.75 Å². The van der Waals surface area contributed by atoms with E-state index in [9.17, 15) is 9.59 Å². The molecule has 0 heterocycles. The molecule has 0 saturated heterocycles. The average molecular weight is 363 g/mol. The summed E-state index contributed by atoms with van der Waals surface area (Å²) in [6, 6.07) is 11.5. The van der Waals surface area contributed by atoms with Crippen molar-refractivity contribution in [3.8, 4) is 5.75 Å². The molecule has 0 spiro atoms. The summed E-state index contributed by atoms with van der Waals surface area (Å²) in [5.41, 5.74) is 6.56. The lowest BCUT2D eigenvalue weighted by molar-refractivity contribution is -0.123. The first kappa shape index (κ1) is 18.6. The highest BCUT2D eigenvalue weighted by Gasteiger charge is 2.21. The number of amides is 1. The van der Waals surface area contributed by atoms with Gasteiger partial charge in [-0.1, -0.05) is 17.7 Å². The maximum Gasteiger partial charge on any atom is 0.341 e. The minimum atomic E-state index is -1.00. The number of anilines is 2. The van der Waals surface area contributed by atoms with Gasteiger partial charge in [-0.15, -0.1) is 0 Å². The molecule has 6 nitrogen and oxygen atoms in total. The molecule has 1 atom stereocenters. The number of hydrogen-bond acceptors (Lipinski definition) is 5. The third kappa shape index (κ3) is 4.87. The van der Waals surface area contributed by atoms with Crippen LogP contribution < -0.4 is 15.8 Å². The van der Waals surface area contributed by atoms with Crippen LogP contribution in [0, 0.1) is 0 Å². The van der Waals surface area contributed by atoms with Crippen LogP contribution in [-0.4, -0.2) is 24.6 Å². The van der Waals surface area contributed by atoms with Gasteiger partial charge in [-0.3, -0.25) is 4.79 Å². The normalized spacial score (nSPS) is 11.5. The number of halogens is 1. The highest BCUT2D eigenvalue weighted by molar-refractivity contribution is 6.33. The zero-order valence-corrected chi connectivity index (χ0v) is 14.7. The minimum absolute atomic E-state index is 0.119. The molecule has 1 amide bonds. The van der Waals surface area contributed by atoms with Crippen molar-refractivity contribution in [2.75, 3.05) is 17.7 Å². The van der Waals surface area contributed by atoms with Crippen molar-refractivity contribution in [3.63, 3.8) is 0 Å². The summed E-state index contributed by atoms with van der Waals surface area (Å²) in [6.45, 7) is 3.92. The Balaban J connectivity index is 1.97. The zero-order valence-electron chi connectivity index (χ0n) is 13.9. The van der Waals surface area contributed by atoms with E-state index in [-0.39, 0.29) is 16.3 Å². The monoisotopic (exact) mass is 362 g/mol. The topological polar surface area (TPSA) is 90.6 Å². The molecule has 0 aliphatic rings. The van der Waals surface area contributed by atoms with Crippen molar-refractivity contribution < 1.29 is 19.1 Å². The van der Waals surface area contributed by atoms with Gasteiger partial charge in [-0.2, -0.15) is 0 Å². The molecule has 0 bridgehead atoms. The Morgan fingerprint density at radius 2 is 1.88 bits per heavy atom. The van der Waals surface area contributed by atoms with Crippen LogP contribution >= 0.6 is 11.6 Å². The molecule has 132 valence electrons. The van der Waals surface area contributed by atoms with Gasteiger partial charge in [0.25, 0.3) is 5.91 Å². The Labute approximate surface area is 150 Å². The number of benzene rings is 2. The zero-order chi connectivity index (χ0) is 18.4. The first-order valence-corrected chi connectivity index (χ1v) is 8.09. The molecule has 1 unspecified atom stereocenters. The van der Waals surface area contributed by atoms with E-state index in [0.717, 1.165) is 0 Å². The second-order valence-corrected chi connectivity index (χ2v) is 5.60. The predicted molar refractivity (Wildman–Crippen MR) is 97.0 cm³/mol. The van der Waals surface area contributed by atoms with Gasteiger partial charge in [0, 0.05) is 5.69 Å². The van der Waals surface area contributed by atoms with Crippen molar-refractivity contribution in [2.45, 2.75) is 20.0 Å². The quantitative estimate of drug-likeness (QED) is 0.606. The van der Waals surface area contributed by atoms with Gasteiger partial charge >= 0.3 is 5.97 Å². The molecule has 0 aliphatic heterocycles. The number of nitrogens with one attached hydrogen (secondary N) is 1. The van der Waals surface area contributed by atoms with Crippen LogP contribution in [0.5, 0.6) is 5.75 Å². The number of hydrogen-bond donors (Lipinski definition) is 2. The molecule has 3 N–H and O–H groups in total. The van der Waals surface area contributed by atoms with E-state index >= 15 is 0 Å². The number of carbonyl (C=O) groups is 2. The van der Waals surface area contributed by atoms with E-state index in [2.05, 4.69) is 5.32 Å². The highest BCUT2D eigenvalue weighted by atomic mass is 35.5. The van der Waals surface area contributed by atoms with E-state index in [1.54, 1.807) is 36.4 Å². The third-order valence-electron chi connectivity index (χ3n) is 3.36. The summed E-state index contributed by atoms with van der Waals surface area (Å²) >= 11 is 5.88. The largest absolute Gasteiger partial charge is 0.494 e. The van der Waals surface area contributed by atoms with Crippen molar-refractivity contribution in [2.24, 2.45) is 0 Å². The molecule has 25 heavy (non-hydrogen) atoms. The number of carbonyl (C=O) groups excluding carboxylic acids is 2. The van der Waals surface area contributed by atoms with E-state index < -0.39 is 18.0 Å². The molecular formula is C18H19ClN2O4. The Kier molecular flexibility index (Phi) is 6.25. The molecular weight excluding hydrogens is 344 g/mol. The summed E-state index contributed by atoms with van der Waals surface area (Å²) < 4.78 is 10.5. The minimum Gasteiger partial charge on any atom is -0.494 e. The molecule has 0 aromatic heterocycles. The lowest BCUT2D eigenvalue weighted by atomic mass is 10.2. The molecule has 0 saturated carbocycles. The van der Waals surface area contributed by atoms with Crippen LogP contribution in [0.4, 0.5) is 11.4 Å². The van der Waals surface area contributed by atoms with Gasteiger partial charge in [0.2, 0.25) is 0 Å². The lowest BCUT2D eigenvalue weighted by Gasteiger charge is -2.15. The maximum absolute atomic E-state index is 12.2. The fourth-order valence-corrected chi connectivity index (χ4v) is 2.21. The predicted octanol–water partition coefficient (Wildman–Crippen LogP) is 3.50. The number of nitrogens with two attached hydrogens (primary N) is 1. The molecule has 2 aromatic rings. The number of nitrogen functional groups attached to an aromatic ring is 1. The van der Waals surface area contributed by atoms with Gasteiger partial charge in [-0.05, 0) is 50.2 Å². The number of rotatable bonds is 6. The Hall–Kier alpha value is -2.73. The van der Waals surface area contributed by atoms with Crippen LogP contribution in [0.2, 0.25) is 5.02 Å². The molecule has 0 fully saturated rings. The standard InChI is InChI=1S/C18H19ClN2O4/c1-3-24-13-9-7-12(8-10-13)21-17(22)11(2)25-18(23)14-5-4-6-15(19)16(14)20/h4-11H,3,20H2,1-2H3,(H,21,22). The van der Waals surface area contributed by atoms with Gasteiger partial charge in [0.05, 0.1) is 22.9 Å². The van der Waals surface area contributed by atoms with Crippen molar-refractivity contribution in [1.29, 1.82) is 0 Å². The fourth-order valence-electron chi connectivity index (χ4n) is 2.04. The average Bonchev–Trinajstić information content (AvgIpc) is 2.59. The summed E-state index contributed by atoms with van der Waals surface area (Å²) in [7, 11) is 0. The Morgan fingerprint density at radius 1 is 1.20 bits per heavy atom. The van der Waals surface area contributed by atoms with Gasteiger partial charge in [-0.25, -0.2) is 4.79 Å². The summed E-state index contributed by atoms with van der Waals surface area (Å²) in [5, 5.41) is 2.92. The van der Waals surface area contributed by atoms with Crippen molar-refractivity contribution in [1.82, 2.24) is 0 Å². The van der Waals surface area contributed by atoms with Crippen LogP contribution in [0.1, 0.15) is 24.2 Å². The number of esters is 1. The molecule has 0 radical (unpaired) electrons. The smallest absolute Gasteiger partial charge is 0.341 e. The second-order valence-electron chi connectivity index (χ2n) is 5.20. The number of ether oxygens (including phenoxy) is 2. The SMILES string of the molecule is CCOc1ccc(NC(=O)C(C)OC(=O)c2cccc(Cl)c2N)cc1. The lowest BCUT2D eigenvalue weighted by Crippen LogP contribution is -2.30. The first-order chi connectivity index (χ1) is 11.9. The Bertz CT molecular complexity index is 762. The fraction of sp³-hybridized carbons (Fsp3) is 0.222. The third-order valence-corrected chi connectivity index (χ3v) is 3.69. The first-order valence-electron chi connectivity index (χ1n) is 7.71. The summed E-state index contributed by atoms with van der Waals surface area (Å²) in [5.74, 6) is -0.469. The van der Waals surface area contributed by atoms with E-state index in [0.29, 0.717) is 18.0 Å². The van der Waals surface area contributed by atoms with E-state index in [4.69, 9.17) is 26.8 Å². The maximum atomic E-state index is 12.2. The van der Waals surface area contributed by atoms with E-state index in [1.165, 1.54) is 13.0 Å². The van der Waals surface area contributed by atoms with Gasteiger partial charge in [0.15, 0.2) is 6.10 Å². The van der Waals surface area contributed by atoms with Crippen LogP contribution in [-0.2, 0) is 9.53 Å². The Morgan fingerprint density at radius 3 is 2.52 bits per heavy atom. The number of para-hydroxylation sites is 1. The van der Waals surface area contributed by atoms with Crippen LogP contribution in [0.25, 0.3) is 0 Å². The second kappa shape index (κ2) is 8.39. The molecule has 2 rings (SSSR count). The molecule has 2 aromatic carbocycles. The molecule has 7 heteroatoms.